The Morgan fingerprint density at radius 2 is 1.84 bits per heavy atom. The summed E-state index contributed by atoms with van der Waals surface area (Å²) >= 11 is 0. The van der Waals surface area contributed by atoms with Crippen LogP contribution in [-0.2, 0) is 7.05 Å². The van der Waals surface area contributed by atoms with Crippen LogP contribution in [0.3, 0.4) is 0 Å². The molecule has 1 aromatic carbocycles. The number of imidazole rings is 1. The number of fused-ring (bicyclic) bond motifs is 1. The van der Waals surface area contributed by atoms with Crippen LogP contribution in [0.2, 0.25) is 0 Å². The average molecular weight is 339 g/mol. The van der Waals surface area contributed by atoms with Gasteiger partial charge in [-0.15, -0.1) is 0 Å². The van der Waals surface area contributed by atoms with Crippen LogP contribution >= 0.6 is 0 Å². The van der Waals surface area contributed by atoms with Crippen LogP contribution in [0, 0.1) is 0 Å². The van der Waals surface area contributed by atoms with Crippen LogP contribution in [-0.4, -0.2) is 25.2 Å². The molecule has 1 N–H and O–H groups in total. The van der Waals surface area contributed by atoms with Crippen LogP contribution in [0.15, 0.2) is 41.2 Å². The van der Waals surface area contributed by atoms with Crippen LogP contribution in [0.1, 0.15) is 49.2 Å². The van der Waals surface area contributed by atoms with Crippen molar-refractivity contribution in [2.24, 2.45) is 7.05 Å². The predicted molar refractivity (Wildman–Crippen MR) is 95.5 cm³/mol. The average Bonchev–Trinajstić information content (AvgIpc) is 2.97. The SMILES string of the molecule is CC(NC(=O)c1ccc(=O)n(C)n1)c1nc2ccccc2n1C(C)C. The minimum atomic E-state index is -0.342. The highest BCUT2D eigenvalue weighted by atomic mass is 16.2. The zero-order valence-electron chi connectivity index (χ0n) is 14.7. The van der Waals surface area contributed by atoms with Crippen molar-refractivity contribution >= 4 is 16.9 Å². The largest absolute Gasteiger partial charge is 0.341 e. The third kappa shape index (κ3) is 3.17. The molecule has 2 aromatic heterocycles. The van der Waals surface area contributed by atoms with E-state index < -0.39 is 0 Å². The van der Waals surface area contributed by atoms with Gasteiger partial charge in [0.05, 0.1) is 17.1 Å². The van der Waals surface area contributed by atoms with E-state index in [-0.39, 0.29) is 29.2 Å². The Labute approximate surface area is 145 Å². The van der Waals surface area contributed by atoms with Crippen LogP contribution in [0.25, 0.3) is 11.0 Å². The third-order valence-corrected chi connectivity index (χ3v) is 4.07. The van der Waals surface area contributed by atoms with Crippen molar-refractivity contribution in [3.8, 4) is 0 Å². The third-order valence-electron chi connectivity index (χ3n) is 4.07. The number of rotatable bonds is 4. The molecule has 1 atom stereocenters. The molecule has 0 saturated heterocycles. The minimum absolute atomic E-state index is 0.196. The maximum absolute atomic E-state index is 12.5. The molecule has 130 valence electrons. The minimum Gasteiger partial charge on any atom is -0.341 e. The number of nitrogens with one attached hydrogen (secondary N) is 1. The summed E-state index contributed by atoms with van der Waals surface area (Å²) in [5, 5.41) is 6.90. The molecule has 1 amide bonds. The first-order valence-corrected chi connectivity index (χ1v) is 8.20. The molecule has 0 bridgehead atoms. The molecule has 0 aliphatic rings. The van der Waals surface area contributed by atoms with Gasteiger partial charge in [-0.1, -0.05) is 12.1 Å². The van der Waals surface area contributed by atoms with Gasteiger partial charge < -0.3 is 9.88 Å². The molecule has 0 aliphatic carbocycles. The molecule has 2 heterocycles. The summed E-state index contributed by atoms with van der Waals surface area (Å²) in [5.41, 5.74) is 1.87. The van der Waals surface area contributed by atoms with E-state index >= 15 is 0 Å². The van der Waals surface area contributed by atoms with Gasteiger partial charge in [-0.25, -0.2) is 9.67 Å². The van der Waals surface area contributed by atoms with Crippen molar-refractivity contribution in [2.45, 2.75) is 32.9 Å². The van der Waals surface area contributed by atoms with E-state index in [1.54, 1.807) is 0 Å². The lowest BCUT2D eigenvalue weighted by molar-refractivity contribution is 0.0930. The highest BCUT2D eigenvalue weighted by Gasteiger charge is 2.21. The van der Waals surface area contributed by atoms with Crippen molar-refractivity contribution in [1.82, 2.24) is 24.6 Å². The van der Waals surface area contributed by atoms with E-state index in [9.17, 15) is 9.59 Å². The highest BCUT2D eigenvalue weighted by Crippen LogP contribution is 2.24. The maximum atomic E-state index is 12.5. The molecule has 25 heavy (non-hydrogen) atoms. The number of benzene rings is 1. The van der Waals surface area contributed by atoms with E-state index in [0.717, 1.165) is 21.5 Å². The van der Waals surface area contributed by atoms with Gasteiger partial charge in [-0.05, 0) is 39.0 Å². The first-order valence-electron chi connectivity index (χ1n) is 8.20. The Hall–Kier alpha value is -2.96. The number of para-hydroxylation sites is 2. The van der Waals surface area contributed by atoms with Gasteiger partial charge in [-0.3, -0.25) is 9.59 Å². The molecule has 0 saturated carbocycles. The second kappa shape index (κ2) is 6.51. The number of amides is 1. The number of hydrogen-bond acceptors (Lipinski definition) is 4. The molecule has 7 heteroatoms. The van der Waals surface area contributed by atoms with Crippen molar-refractivity contribution < 1.29 is 4.79 Å². The fourth-order valence-corrected chi connectivity index (χ4v) is 2.87. The Morgan fingerprint density at radius 1 is 1.12 bits per heavy atom. The van der Waals surface area contributed by atoms with E-state index in [1.807, 2.05) is 31.2 Å². The molecule has 3 rings (SSSR count). The number of aromatic nitrogens is 4. The fourth-order valence-electron chi connectivity index (χ4n) is 2.87. The molecule has 0 aliphatic heterocycles. The quantitative estimate of drug-likeness (QED) is 0.790. The molecule has 0 radical (unpaired) electrons. The first-order chi connectivity index (χ1) is 11.9. The summed E-state index contributed by atoms with van der Waals surface area (Å²) in [7, 11) is 1.51. The smallest absolute Gasteiger partial charge is 0.272 e. The van der Waals surface area contributed by atoms with Crippen molar-refractivity contribution in [1.29, 1.82) is 0 Å². The summed E-state index contributed by atoms with van der Waals surface area (Å²) in [6.07, 6.45) is 0. The molecule has 7 nitrogen and oxygen atoms in total. The second-order valence-electron chi connectivity index (χ2n) is 6.30. The Balaban J connectivity index is 1.93. The number of carbonyl (C=O) groups excluding carboxylic acids is 1. The topological polar surface area (TPSA) is 81.8 Å². The predicted octanol–water partition coefficient (Wildman–Crippen LogP) is 2.20. The summed E-state index contributed by atoms with van der Waals surface area (Å²) in [6.45, 7) is 6.06. The lowest BCUT2D eigenvalue weighted by Gasteiger charge is -2.18. The summed E-state index contributed by atoms with van der Waals surface area (Å²) in [6, 6.07) is 10.6. The molecule has 0 fully saturated rings. The van der Waals surface area contributed by atoms with Gasteiger partial charge in [0, 0.05) is 19.2 Å². The van der Waals surface area contributed by atoms with Gasteiger partial charge in [-0.2, -0.15) is 5.10 Å². The lowest BCUT2D eigenvalue weighted by Crippen LogP contribution is -2.31. The summed E-state index contributed by atoms with van der Waals surface area (Å²) < 4.78 is 3.26. The van der Waals surface area contributed by atoms with Crippen LogP contribution in [0.4, 0.5) is 0 Å². The van der Waals surface area contributed by atoms with E-state index in [4.69, 9.17) is 0 Å². The van der Waals surface area contributed by atoms with Crippen molar-refractivity contribution in [3.63, 3.8) is 0 Å². The number of hydrogen-bond donors (Lipinski definition) is 1. The van der Waals surface area contributed by atoms with E-state index in [0.29, 0.717) is 0 Å². The number of nitrogens with zero attached hydrogens (tertiary/aromatic N) is 4. The Bertz CT molecular complexity index is 987. The Kier molecular flexibility index (Phi) is 4.39. The standard InChI is InChI=1S/C18H21N5O2/c1-11(2)23-15-8-6-5-7-13(15)20-17(23)12(3)19-18(25)14-9-10-16(24)22(4)21-14/h5-12H,1-4H3,(H,19,25). The molecular weight excluding hydrogens is 318 g/mol. The highest BCUT2D eigenvalue weighted by molar-refractivity contribution is 5.92. The molecule has 1 unspecified atom stereocenters. The second-order valence-corrected chi connectivity index (χ2v) is 6.30. The van der Waals surface area contributed by atoms with Gasteiger partial charge in [0.2, 0.25) is 0 Å². The Morgan fingerprint density at radius 3 is 2.52 bits per heavy atom. The lowest BCUT2D eigenvalue weighted by atomic mass is 10.2. The van der Waals surface area contributed by atoms with Gasteiger partial charge >= 0.3 is 0 Å². The summed E-state index contributed by atoms with van der Waals surface area (Å²) in [4.78, 5) is 28.6. The number of carbonyl (C=O) groups is 1. The first kappa shape index (κ1) is 16.9. The van der Waals surface area contributed by atoms with E-state index in [1.165, 1.54) is 19.2 Å². The van der Waals surface area contributed by atoms with Gasteiger partial charge in [0.1, 0.15) is 11.5 Å². The number of aryl methyl sites for hydroxylation is 1. The van der Waals surface area contributed by atoms with E-state index in [2.05, 4.69) is 33.8 Å². The van der Waals surface area contributed by atoms with Crippen LogP contribution in [0.5, 0.6) is 0 Å². The van der Waals surface area contributed by atoms with Gasteiger partial charge in [0.25, 0.3) is 11.5 Å². The fraction of sp³-hybridized carbons (Fsp3) is 0.333. The van der Waals surface area contributed by atoms with Crippen molar-refractivity contribution in [3.05, 3.63) is 58.3 Å². The molecule has 0 spiro atoms. The zero-order valence-corrected chi connectivity index (χ0v) is 14.7. The summed E-state index contributed by atoms with van der Waals surface area (Å²) in [5.74, 6) is 0.444. The monoisotopic (exact) mass is 339 g/mol. The zero-order chi connectivity index (χ0) is 18.1. The van der Waals surface area contributed by atoms with Crippen LogP contribution < -0.4 is 10.9 Å². The molecular formula is C18H21N5O2. The van der Waals surface area contributed by atoms with Gasteiger partial charge in [0.15, 0.2) is 0 Å². The molecule has 3 aromatic rings. The normalized spacial score (nSPS) is 12.5. The maximum Gasteiger partial charge on any atom is 0.272 e. The van der Waals surface area contributed by atoms with Crippen molar-refractivity contribution in [2.75, 3.05) is 0 Å².